The van der Waals surface area contributed by atoms with Crippen molar-refractivity contribution >= 4 is 17.5 Å². The molecule has 0 aromatic heterocycles. The molecule has 1 aliphatic heterocycles. The predicted molar refractivity (Wildman–Crippen MR) is 104 cm³/mol. The predicted octanol–water partition coefficient (Wildman–Crippen LogP) is 4.59. The molecule has 0 radical (unpaired) electrons. The number of allylic oxidation sites excluding steroid dienone is 2. The van der Waals surface area contributed by atoms with Gasteiger partial charge in [-0.2, -0.15) is 0 Å². The fraction of sp³-hybridized carbons (Fsp3) is 0.565. The summed E-state index contributed by atoms with van der Waals surface area (Å²) in [6, 6.07) is 6.32. The Hall–Kier alpha value is -1.90. The summed E-state index contributed by atoms with van der Waals surface area (Å²) >= 11 is 0. The Labute approximate surface area is 156 Å². The van der Waals surface area contributed by atoms with Crippen LogP contribution in [0.1, 0.15) is 59.1 Å². The Morgan fingerprint density at radius 2 is 1.38 bits per heavy atom. The number of hydrogen-bond acceptors (Lipinski definition) is 2. The Kier molecular flexibility index (Phi) is 3.58. The van der Waals surface area contributed by atoms with Gasteiger partial charge in [-0.25, -0.2) is 4.90 Å². The molecule has 1 aromatic carbocycles. The first-order chi connectivity index (χ1) is 12.0. The fourth-order valence-corrected chi connectivity index (χ4v) is 4.96. The van der Waals surface area contributed by atoms with Gasteiger partial charge >= 0.3 is 0 Å². The van der Waals surface area contributed by atoms with Crippen molar-refractivity contribution in [2.45, 2.75) is 58.8 Å². The highest BCUT2D eigenvalue weighted by atomic mass is 16.2. The third-order valence-electron chi connectivity index (χ3n) is 6.38. The lowest BCUT2D eigenvalue weighted by molar-refractivity contribution is -0.123. The van der Waals surface area contributed by atoms with Crippen LogP contribution in [0, 0.1) is 23.7 Å². The van der Waals surface area contributed by atoms with Crippen LogP contribution < -0.4 is 4.90 Å². The number of anilines is 1. The van der Waals surface area contributed by atoms with Gasteiger partial charge in [0, 0.05) is 0 Å². The Morgan fingerprint density at radius 3 is 1.85 bits per heavy atom. The molecule has 1 saturated heterocycles. The van der Waals surface area contributed by atoms with Crippen LogP contribution in [0.15, 0.2) is 30.4 Å². The van der Waals surface area contributed by atoms with Gasteiger partial charge in [-0.3, -0.25) is 9.59 Å². The molecular weight excluding hydrogens is 322 g/mol. The molecule has 4 unspecified atom stereocenters. The number of carbonyl (C=O) groups is 2. The van der Waals surface area contributed by atoms with Crippen LogP contribution in [0.3, 0.4) is 0 Å². The number of imide groups is 1. The summed E-state index contributed by atoms with van der Waals surface area (Å²) in [6.07, 6.45) is 5.27. The zero-order chi connectivity index (χ0) is 19.0. The van der Waals surface area contributed by atoms with E-state index < -0.39 is 0 Å². The van der Waals surface area contributed by atoms with Crippen molar-refractivity contribution in [3.63, 3.8) is 0 Å². The first-order valence-electron chi connectivity index (χ1n) is 9.71. The van der Waals surface area contributed by atoms with Crippen molar-refractivity contribution in [1.82, 2.24) is 0 Å². The molecule has 3 heteroatoms. The average molecular weight is 351 g/mol. The maximum Gasteiger partial charge on any atom is 0.238 e. The van der Waals surface area contributed by atoms with Gasteiger partial charge < -0.3 is 0 Å². The fourth-order valence-electron chi connectivity index (χ4n) is 4.96. The van der Waals surface area contributed by atoms with Gasteiger partial charge in [-0.1, -0.05) is 65.8 Å². The van der Waals surface area contributed by atoms with Crippen LogP contribution in [0.5, 0.6) is 0 Å². The summed E-state index contributed by atoms with van der Waals surface area (Å²) < 4.78 is 0. The lowest BCUT2D eigenvalue weighted by Gasteiger charge is -2.30. The number of rotatable bonds is 1. The minimum absolute atomic E-state index is 0.00779. The van der Waals surface area contributed by atoms with E-state index in [1.807, 2.05) is 0 Å². The van der Waals surface area contributed by atoms with Gasteiger partial charge in [0.15, 0.2) is 0 Å². The van der Waals surface area contributed by atoms with E-state index in [0.29, 0.717) is 0 Å². The first kappa shape index (κ1) is 17.5. The Balaban J connectivity index is 1.84. The van der Waals surface area contributed by atoms with E-state index >= 15 is 0 Å². The second-order valence-electron chi connectivity index (χ2n) is 10.2. The standard InChI is InChI=1S/C23H29NO2/c1-22(2,3)15-9-10-16(23(4,5)6)17(12-15)24-20(25)18-13-7-8-14(11-13)19(18)21(24)26/h7-10,12-14,18-19H,11H2,1-6H3. The molecule has 1 aromatic rings. The van der Waals surface area contributed by atoms with Gasteiger partial charge in [0.1, 0.15) is 0 Å². The van der Waals surface area contributed by atoms with Crippen LogP contribution in [-0.4, -0.2) is 11.8 Å². The van der Waals surface area contributed by atoms with Crippen LogP contribution >= 0.6 is 0 Å². The molecule has 0 spiro atoms. The molecule has 4 rings (SSSR count). The highest BCUT2D eigenvalue weighted by molar-refractivity contribution is 6.23. The van der Waals surface area contributed by atoms with Crippen molar-refractivity contribution in [2.75, 3.05) is 4.90 Å². The van der Waals surface area contributed by atoms with Crippen molar-refractivity contribution in [3.05, 3.63) is 41.5 Å². The zero-order valence-corrected chi connectivity index (χ0v) is 16.7. The average Bonchev–Trinajstić information content (AvgIpc) is 3.19. The number of fused-ring (bicyclic) bond motifs is 5. The molecule has 1 saturated carbocycles. The van der Waals surface area contributed by atoms with Crippen molar-refractivity contribution in [1.29, 1.82) is 0 Å². The van der Waals surface area contributed by atoms with E-state index in [1.165, 1.54) is 4.90 Å². The zero-order valence-electron chi connectivity index (χ0n) is 16.7. The highest BCUT2D eigenvalue weighted by Gasteiger charge is 2.60. The molecular formula is C23H29NO2. The molecule has 138 valence electrons. The monoisotopic (exact) mass is 351 g/mol. The normalized spacial score (nSPS) is 30.5. The van der Waals surface area contributed by atoms with Gasteiger partial charge in [-0.15, -0.1) is 0 Å². The van der Waals surface area contributed by atoms with E-state index in [4.69, 9.17) is 0 Å². The Morgan fingerprint density at radius 1 is 0.846 bits per heavy atom. The maximum absolute atomic E-state index is 13.3. The highest BCUT2D eigenvalue weighted by Crippen LogP contribution is 2.54. The van der Waals surface area contributed by atoms with Crippen LogP contribution in [0.25, 0.3) is 0 Å². The summed E-state index contributed by atoms with van der Waals surface area (Å²) in [7, 11) is 0. The molecule has 2 bridgehead atoms. The molecule has 2 aliphatic carbocycles. The van der Waals surface area contributed by atoms with Crippen molar-refractivity contribution in [2.24, 2.45) is 23.7 Å². The quantitative estimate of drug-likeness (QED) is 0.548. The van der Waals surface area contributed by atoms with Crippen LogP contribution in [-0.2, 0) is 20.4 Å². The lowest BCUT2D eigenvalue weighted by atomic mass is 9.80. The van der Waals surface area contributed by atoms with E-state index in [2.05, 4.69) is 71.9 Å². The second-order valence-corrected chi connectivity index (χ2v) is 10.2. The summed E-state index contributed by atoms with van der Waals surface area (Å²) in [6.45, 7) is 12.9. The number of hydrogen-bond donors (Lipinski definition) is 0. The second kappa shape index (κ2) is 5.31. The number of benzene rings is 1. The van der Waals surface area contributed by atoms with E-state index in [9.17, 15) is 9.59 Å². The van der Waals surface area contributed by atoms with Gasteiger partial charge in [0.2, 0.25) is 11.8 Å². The molecule has 4 atom stereocenters. The number of amides is 2. The molecule has 2 amide bonds. The maximum atomic E-state index is 13.3. The van der Waals surface area contributed by atoms with Gasteiger partial charge in [0.25, 0.3) is 0 Å². The minimum Gasteiger partial charge on any atom is -0.274 e. The summed E-state index contributed by atoms with van der Waals surface area (Å²) in [5.41, 5.74) is 2.84. The number of nitrogens with zero attached hydrogens (tertiary/aromatic N) is 1. The lowest BCUT2D eigenvalue weighted by Crippen LogP contribution is -2.35. The molecule has 0 N–H and O–H groups in total. The van der Waals surface area contributed by atoms with Crippen molar-refractivity contribution in [3.8, 4) is 0 Å². The third kappa shape index (κ3) is 2.39. The summed E-state index contributed by atoms with van der Waals surface area (Å²) in [5, 5.41) is 0. The Bertz CT molecular complexity index is 792. The van der Waals surface area contributed by atoms with Gasteiger partial charge in [0.05, 0.1) is 17.5 Å². The van der Waals surface area contributed by atoms with Gasteiger partial charge in [-0.05, 0) is 46.3 Å². The van der Waals surface area contributed by atoms with E-state index in [1.54, 1.807) is 0 Å². The minimum atomic E-state index is -0.149. The molecule has 3 aliphatic rings. The molecule has 26 heavy (non-hydrogen) atoms. The van der Waals surface area contributed by atoms with Crippen molar-refractivity contribution < 1.29 is 9.59 Å². The molecule has 2 fully saturated rings. The largest absolute Gasteiger partial charge is 0.274 e. The van der Waals surface area contributed by atoms with E-state index in [-0.39, 0.29) is 46.3 Å². The SMILES string of the molecule is CC(C)(C)c1ccc(C(C)(C)C)c(N2C(=O)C3C4C=CC(C4)C3C2=O)c1. The smallest absolute Gasteiger partial charge is 0.238 e. The number of carbonyl (C=O) groups excluding carboxylic acids is 2. The van der Waals surface area contributed by atoms with Crippen LogP contribution in [0.2, 0.25) is 0 Å². The summed E-state index contributed by atoms with van der Waals surface area (Å²) in [4.78, 5) is 28.1. The van der Waals surface area contributed by atoms with E-state index in [0.717, 1.165) is 23.2 Å². The topological polar surface area (TPSA) is 37.4 Å². The van der Waals surface area contributed by atoms with Crippen LogP contribution in [0.4, 0.5) is 5.69 Å². The molecule has 1 heterocycles. The molecule has 3 nitrogen and oxygen atoms in total. The first-order valence-corrected chi connectivity index (χ1v) is 9.71. The third-order valence-corrected chi connectivity index (χ3v) is 6.38. The summed E-state index contributed by atoms with van der Waals surface area (Å²) in [5.74, 6) is 0.208.